The number of hydrogen-bond acceptors (Lipinski definition) is 3. The second-order valence-electron chi connectivity index (χ2n) is 3.44. The molecule has 2 aromatic heterocycles. The SMILES string of the molecule is C[C@H](CCC=O)c1nc2cscc2[nH]1. The van der Waals surface area contributed by atoms with Crippen LogP contribution in [0.4, 0.5) is 0 Å². The van der Waals surface area contributed by atoms with Crippen molar-refractivity contribution < 1.29 is 4.79 Å². The van der Waals surface area contributed by atoms with E-state index in [9.17, 15) is 4.79 Å². The van der Waals surface area contributed by atoms with Crippen LogP contribution >= 0.6 is 11.3 Å². The second-order valence-corrected chi connectivity index (χ2v) is 4.18. The molecule has 14 heavy (non-hydrogen) atoms. The molecule has 0 saturated carbocycles. The summed E-state index contributed by atoms with van der Waals surface area (Å²) in [7, 11) is 0. The first-order valence-corrected chi connectivity index (χ1v) is 5.61. The number of fused-ring (bicyclic) bond motifs is 1. The first kappa shape index (κ1) is 9.40. The van der Waals surface area contributed by atoms with E-state index in [0.717, 1.165) is 29.6 Å². The van der Waals surface area contributed by atoms with Crippen LogP contribution in [0.1, 0.15) is 31.5 Å². The van der Waals surface area contributed by atoms with Crippen molar-refractivity contribution in [1.82, 2.24) is 9.97 Å². The van der Waals surface area contributed by atoms with Gasteiger partial charge in [-0.15, -0.1) is 11.3 Å². The van der Waals surface area contributed by atoms with E-state index in [1.54, 1.807) is 11.3 Å². The normalized spacial score (nSPS) is 13.2. The molecule has 3 nitrogen and oxygen atoms in total. The first-order valence-electron chi connectivity index (χ1n) is 4.66. The van der Waals surface area contributed by atoms with Gasteiger partial charge in [-0.3, -0.25) is 0 Å². The zero-order valence-corrected chi connectivity index (χ0v) is 8.80. The highest BCUT2D eigenvalue weighted by Crippen LogP contribution is 2.22. The lowest BCUT2D eigenvalue weighted by Crippen LogP contribution is -1.96. The number of rotatable bonds is 4. The smallest absolute Gasteiger partial charge is 0.120 e. The lowest BCUT2D eigenvalue weighted by molar-refractivity contribution is -0.108. The van der Waals surface area contributed by atoms with Crippen molar-refractivity contribution in [3.63, 3.8) is 0 Å². The van der Waals surface area contributed by atoms with Gasteiger partial charge < -0.3 is 9.78 Å². The predicted molar refractivity (Wildman–Crippen MR) is 57.7 cm³/mol. The fourth-order valence-corrected chi connectivity index (χ4v) is 2.15. The summed E-state index contributed by atoms with van der Waals surface area (Å²) in [5, 5.41) is 4.08. The topological polar surface area (TPSA) is 45.8 Å². The molecule has 0 aromatic carbocycles. The van der Waals surface area contributed by atoms with Crippen molar-refractivity contribution in [3.05, 3.63) is 16.6 Å². The molecule has 0 aliphatic rings. The molecular weight excluding hydrogens is 196 g/mol. The molecule has 0 fully saturated rings. The number of carbonyl (C=O) groups is 1. The molecule has 0 aliphatic heterocycles. The van der Waals surface area contributed by atoms with E-state index >= 15 is 0 Å². The summed E-state index contributed by atoms with van der Waals surface area (Å²) in [6.07, 6.45) is 2.43. The Morgan fingerprint density at radius 3 is 3.21 bits per heavy atom. The van der Waals surface area contributed by atoms with Crippen LogP contribution in [0.15, 0.2) is 10.8 Å². The highest BCUT2D eigenvalue weighted by Gasteiger charge is 2.10. The number of hydrogen-bond donors (Lipinski definition) is 1. The molecule has 0 saturated heterocycles. The van der Waals surface area contributed by atoms with Gasteiger partial charge in [0.15, 0.2) is 0 Å². The van der Waals surface area contributed by atoms with Crippen molar-refractivity contribution in [2.24, 2.45) is 0 Å². The maximum atomic E-state index is 10.2. The number of nitrogens with one attached hydrogen (secondary N) is 1. The van der Waals surface area contributed by atoms with Gasteiger partial charge in [-0.1, -0.05) is 6.92 Å². The standard InChI is InChI=1S/C10H12N2OS/c1-7(3-2-4-13)10-11-8-5-14-6-9(8)12-10/h4-7H,2-3H2,1H3,(H,11,12)/t7-/m1/s1. The Morgan fingerprint density at radius 2 is 2.50 bits per heavy atom. The summed E-state index contributed by atoms with van der Waals surface area (Å²) >= 11 is 1.65. The number of imidazole rings is 1. The van der Waals surface area contributed by atoms with Gasteiger partial charge in [-0.05, 0) is 6.42 Å². The highest BCUT2D eigenvalue weighted by atomic mass is 32.1. The molecular formula is C10H12N2OS. The number of aromatic amines is 1. The Kier molecular flexibility index (Phi) is 2.63. The fourth-order valence-electron chi connectivity index (χ4n) is 1.45. The van der Waals surface area contributed by atoms with Crippen molar-refractivity contribution in [3.8, 4) is 0 Å². The summed E-state index contributed by atoms with van der Waals surface area (Å²) in [6, 6.07) is 0. The third-order valence-electron chi connectivity index (χ3n) is 2.33. The number of thiophene rings is 1. The van der Waals surface area contributed by atoms with E-state index < -0.39 is 0 Å². The van der Waals surface area contributed by atoms with Crippen LogP contribution in [0.5, 0.6) is 0 Å². The maximum absolute atomic E-state index is 10.2. The van der Waals surface area contributed by atoms with Crippen LogP contribution in [-0.2, 0) is 4.79 Å². The monoisotopic (exact) mass is 208 g/mol. The van der Waals surface area contributed by atoms with E-state index in [-0.39, 0.29) is 0 Å². The molecule has 1 N–H and O–H groups in total. The first-order chi connectivity index (χ1) is 6.81. The van der Waals surface area contributed by atoms with Gasteiger partial charge >= 0.3 is 0 Å². The predicted octanol–water partition coefficient (Wildman–Crippen LogP) is 2.71. The third-order valence-corrected chi connectivity index (χ3v) is 3.06. The minimum atomic E-state index is 0.331. The Labute approximate surface area is 86.2 Å². The van der Waals surface area contributed by atoms with Gasteiger partial charge in [0.2, 0.25) is 0 Å². The van der Waals surface area contributed by atoms with Crippen LogP contribution in [0.3, 0.4) is 0 Å². The van der Waals surface area contributed by atoms with Gasteiger partial charge in [0.25, 0.3) is 0 Å². The molecule has 0 spiro atoms. The van der Waals surface area contributed by atoms with Crippen molar-refractivity contribution >= 4 is 28.7 Å². The zero-order valence-electron chi connectivity index (χ0n) is 7.99. The third kappa shape index (κ3) is 1.70. The quantitative estimate of drug-likeness (QED) is 0.785. The molecule has 2 aromatic rings. The Hall–Kier alpha value is -1.16. The van der Waals surface area contributed by atoms with Crippen LogP contribution in [0, 0.1) is 0 Å². The Morgan fingerprint density at radius 1 is 1.64 bits per heavy atom. The average Bonchev–Trinajstić information content (AvgIpc) is 2.72. The molecule has 0 amide bonds. The molecule has 74 valence electrons. The molecule has 1 atom stereocenters. The number of nitrogens with zero attached hydrogens (tertiary/aromatic N) is 1. The lowest BCUT2D eigenvalue weighted by Gasteiger charge is -2.04. The largest absolute Gasteiger partial charge is 0.341 e. The Bertz CT molecular complexity index is 403. The summed E-state index contributed by atoms with van der Waals surface area (Å²) in [5.41, 5.74) is 2.13. The van der Waals surface area contributed by atoms with Crippen molar-refractivity contribution in [2.45, 2.75) is 25.7 Å². The summed E-state index contributed by atoms with van der Waals surface area (Å²) in [5.74, 6) is 1.32. The van der Waals surface area contributed by atoms with Crippen molar-refractivity contribution in [2.75, 3.05) is 0 Å². The molecule has 4 heteroatoms. The van der Waals surface area contributed by atoms with Crippen LogP contribution in [0.25, 0.3) is 11.0 Å². The number of H-pyrrole nitrogens is 1. The summed E-state index contributed by atoms with van der Waals surface area (Å²) in [4.78, 5) is 18.0. The average molecular weight is 208 g/mol. The molecule has 2 rings (SSSR count). The maximum Gasteiger partial charge on any atom is 0.120 e. The minimum Gasteiger partial charge on any atom is -0.341 e. The van der Waals surface area contributed by atoms with E-state index in [2.05, 4.69) is 22.3 Å². The van der Waals surface area contributed by atoms with Gasteiger partial charge in [-0.25, -0.2) is 4.98 Å². The van der Waals surface area contributed by atoms with Crippen LogP contribution in [-0.4, -0.2) is 16.3 Å². The van der Waals surface area contributed by atoms with Gasteiger partial charge in [0, 0.05) is 23.1 Å². The number of carbonyl (C=O) groups excluding carboxylic acids is 1. The van der Waals surface area contributed by atoms with E-state index in [1.807, 2.05) is 5.38 Å². The van der Waals surface area contributed by atoms with E-state index in [1.165, 1.54) is 0 Å². The minimum absolute atomic E-state index is 0.331. The van der Waals surface area contributed by atoms with E-state index in [0.29, 0.717) is 12.3 Å². The molecule has 0 aliphatic carbocycles. The lowest BCUT2D eigenvalue weighted by atomic mass is 10.1. The van der Waals surface area contributed by atoms with Gasteiger partial charge in [0.05, 0.1) is 11.0 Å². The molecule has 0 bridgehead atoms. The van der Waals surface area contributed by atoms with Gasteiger partial charge in [0.1, 0.15) is 12.1 Å². The fraction of sp³-hybridized carbons (Fsp3) is 0.400. The number of aldehydes is 1. The number of aromatic nitrogens is 2. The van der Waals surface area contributed by atoms with E-state index in [4.69, 9.17) is 0 Å². The van der Waals surface area contributed by atoms with Gasteiger partial charge in [-0.2, -0.15) is 0 Å². The molecule has 2 heterocycles. The van der Waals surface area contributed by atoms with Crippen LogP contribution in [0.2, 0.25) is 0 Å². The molecule has 0 radical (unpaired) electrons. The Balaban J connectivity index is 2.17. The summed E-state index contributed by atoms with van der Waals surface area (Å²) in [6.45, 7) is 2.09. The summed E-state index contributed by atoms with van der Waals surface area (Å²) < 4.78 is 0. The highest BCUT2D eigenvalue weighted by molar-refractivity contribution is 7.09. The molecule has 0 unspecified atom stereocenters. The van der Waals surface area contributed by atoms with Crippen molar-refractivity contribution in [1.29, 1.82) is 0 Å². The zero-order chi connectivity index (χ0) is 9.97. The van der Waals surface area contributed by atoms with Crippen LogP contribution < -0.4 is 0 Å². The second kappa shape index (κ2) is 3.92.